The fraction of sp³-hybridized carbons (Fsp3) is 0.154. The molecular formula is C13H10ClNO5. The number of nitrogens with zero attached hydrogens (tertiary/aromatic N) is 1. The molecule has 0 saturated heterocycles. The van der Waals surface area contributed by atoms with Crippen molar-refractivity contribution in [1.29, 1.82) is 0 Å². The predicted octanol–water partition coefficient (Wildman–Crippen LogP) is 1.98. The van der Waals surface area contributed by atoms with E-state index >= 15 is 0 Å². The van der Waals surface area contributed by atoms with Gasteiger partial charge >= 0.3 is 11.9 Å². The van der Waals surface area contributed by atoms with Crippen molar-refractivity contribution < 1.29 is 24.5 Å². The van der Waals surface area contributed by atoms with Crippen LogP contribution in [0, 0.1) is 0 Å². The highest BCUT2D eigenvalue weighted by Gasteiger charge is 2.13. The Labute approximate surface area is 118 Å². The summed E-state index contributed by atoms with van der Waals surface area (Å²) in [5.41, 5.74) is 0.726. The van der Waals surface area contributed by atoms with Crippen LogP contribution in [0.2, 0.25) is 5.02 Å². The Kier molecular flexibility index (Phi) is 4.05. The zero-order chi connectivity index (χ0) is 14.7. The first-order valence-corrected chi connectivity index (χ1v) is 5.99. The molecule has 1 aromatic heterocycles. The molecule has 2 rings (SSSR count). The number of carboxylic acid groups (broad SMARTS) is 2. The van der Waals surface area contributed by atoms with Gasteiger partial charge in [0, 0.05) is 6.07 Å². The Balaban J connectivity index is 2.54. The summed E-state index contributed by atoms with van der Waals surface area (Å²) in [4.78, 5) is 25.5. The van der Waals surface area contributed by atoms with E-state index < -0.39 is 18.5 Å². The van der Waals surface area contributed by atoms with Crippen molar-refractivity contribution in [2.75, 3.05) is 6.61 Å². The topological polar surface area (TPSA) is 96.7 Å². The number of fused-ring (bicyclic) bond motifs is 1. The summed E-state index contributed by atoms with van der Waals surface area (Å²) < 4.78 is 5.17. The summed E-state index contributed by atoms with van der Waals surface area (Å²) in [6.07, 6.45) is -0.286. The number of hydrogen-bond donors (Lipinski definition) is 2. The van der Waals surface area contributed by atoms with Gasteiger partial charge in [0.25, 0.3) is 0 Å². The minimum absolute atomic E-state index is 0.208. The lowest BCUT2D eigenvalue weighted by Crippen LogP contribution is -2.11. The molecule has 2 aromatic rings. The fourth-order valence-corrected chi connectivity index (χ4v) is 2.02. The van der Waals surface area contributed by atoms with E-state index in [9.17, 15) is 9.59 Å². The number of halogens is 1. The van der Waals surface area contributed by atoms with Crippen molar-refractivity contribution in [3.05, 3.63) is 35.0 Å². The number of aliphatic carboxylic acids is 2. The standard InChI is InChI=1S/C13H10ClNO5/c14-8-2-1-3-9-13(8)10(20-6-12(18)19)4-7(15-9)5-11(16)17/h1-4H,5-6H2,(H,16,17)(H,18,19). The molecular weight excluding hydrogens is 286 g/mol. The first-order valence-electron chi connectivity index (χ1n) is 5.62. The molecule has 20 heavy (non-hydrogen) atoms. The van der Waals surface area contributed by atoms with Gasteiger partial charge in [0.15, 0.2) is 6.61 Å². The van der Waals surface area contributed by atoms with Crippen LogP contribution in [0.1, 0.15) is 5.69 Å². The van der Waals surface area contributed by atoms with Gasteiger partial charge in [0.1, 0.15) is 5.75 Å². The lowest BCUT2D eigenvalue weighted by Gasteiger charge is -2.10. The lowest BCUT2D eigenvalue weighted by molar-refractivity contribution is -0.139. The van der Waals surface area contributed by atoms with Gasteiger partial charge in [-0.3, -0.25) is 9.78 Å². The van der Waals surface area contributed by atoms with E-state index in [2.05, 4.69) is 4.98 Å². The Bertz CT molecular complexity index is 686. The van der Waals surface area contributed by atoms with E-state index in [0.717, 1.165) is 0 Å². The Morgan fingerprint density at radius 3 is 2.65 bits per heavy atom. The predicted molar refractivity (Wildman–Crippen MR) is 71.2 cm³/mol. The maximum atomic E-state index is 10.7. The minimum Gasteiger partial charge on any atom is -0.481 e. The Morgan fingerprint density at radius 1 is 1.25 bits per heavy atom. The first kappa shape index (κ1) is 14.1. The third kappa shape index (κ3) is 3.16. The van der Waals surface area contributed by atoms with E-state index in [1.54, 1.807) is 18.2 Å². The second kappa shape index (κ2) is 5.75. The van der Waals surface area contributed by atoms with Gasteiger partial charge in [-0.1, -0.05) is 17.7 Å². The molecule has 0 fully saturated rings. The van der Waals surface area contributed by atoms with Gasteiger partial charge in [-0.05, 0) is 12.1 Å². The number of carboxylic acids is 2. The number of rotatable bonds is 5. The van der Waals surface area contributed by atoms with Gasteiger partial charge in [-0.15, -0.1) is 0 Å². The highest BCUT2D eigenvalue weighted by atomic mass is 35.5. The quantitative estimate of drug-likeness (QED) is 0.875. The molecule has 7 heteroatoms. The molecule has 1 heterocycles. The molecule has 104 valence electrons. The van der Waals surface area contributed by atoms with Gasteiger partial charge in [-0.2, -0.15) is 0 Å². The highest BCUT2D eigenvalue weighted by molar-refractivity contribution is 6.35. The summed E-state index contributed by atoms with van der Waals surface area (Å²) in [6.45, 7) is -0.545. The number of ether oxygens (including phenoxy) is 1. The van der Waals surface area contributed by atoms with Crippen LogP contribution in [-0.2, 0) is 16.0 Å². The van der Waals surface area contributed by atoms with Crippen LogP contribution in [0.5, 0.6) is 5.75 Å². The fourth-order valence-electron chi connectivity index (χ4n) is 1.76. The molecule has 0 aliphatic carbocycles. The molecule has 0 unspecified atom stereocenters. The summed E-state index contributed by atoms with van der Waals surface area (Å²) in [6, 6.07) is 6.34. The molecule has 1 aromatic carbocycles. The molecule has 0 spiro atoms. The number of hydrogen-bond acceptors (Lipinski definition) is 4. The number of benzene rings is 1. The van der Waals surface area contributed by atoms with Crippen molar-refractivity contribution in [1.82, 2.24) is 4.98 Å². The SMILES string of the molecule is O=C(O)COc1cc(CC(=O)O)nc2cccc(Cl)c12. The smallest absolute Gasteiger partial charge is 0.341 e. The van der Waals surface area contributed by atoms with E-state index in [1.165, 1.54) is 6.07 Å². The number of pyridine rings is 1. The summed E-state index contributed by atoms with van der Waals surface area (Å²) in [5, 5.41) is 18.3. The van der Waals surface area contributed by atoms with Crippen LogP contribution >= 0.6 is 11.6 Å². The average Bonchev–Trinajstić information content (AvgIpc) is 2.35. The van der Waals surface area contributed by atoms with Crippen LogP contribution in [0.25, 0.3) is 10.9 Å². The number of aromatic nitrogens is 1. The first-order chi connectivity index (χ1) is 9.47. The second-order valence-corrected chi connectivity index (χ2v) is 4.41. The Morgan fingerprint density at radius 2 is 2.00 bits per heavy atom. The van der Waals surface area contributed by atoms with Crippen molar-refractivity contribution in [2.24, 2.45) is 0 Å². The minimum atomic E-state index is -1.14. The number of carbonyl (C=O) groups is 2. The molecule has 0 aliphatic heterocycles. The van der Waals surface area contributed by atoms with Crippen LogP contribution in [0.4, 0.5) is 0 Å². The second-order valence-electron chi connectivity index (χ2n) is 4.00. The Hall–Kier alpha value is -2.34. The van der Waals surface area contributed by atoms with Crippen molar-refractivity contribution in [3.63, 3.8) is 0 Å². The molecule has 0 bridgehead atoms. The average molecular weight is 296 g/mol. The molecule has 0 atom stereocenters. The summed E-state index contributed by atoms with van der Waals surface area (Å²) in [7, 11) is 0. The van der Waals surface area contributed by atoms with Gasteiger partial charge in [0.05, 0.1) is 28.0 Å². The van der Waals surface area contributed by atoms with Crippen LogP contribution in [0.3, 0.4) is 0 Å². The largest absolute Gasteiger partial charge is 0.481 e. The van der Waals surface area contributed by atoms with Crippen molar-refractivity contribution >= 4 is 34.4 Å². The molecule has 2 N–H and O–H groups in total. The maximum absolute atomic E-state index is 10.7. The third-order valence-corrected chi connectivity index (χ3v) is 2.80. The molecule has 0 saturated carbocycles. The van der Waals surface area contributed by atoms with Gasteiger partial charge < -0.3 is 14.9 Å². The molecule has 0 radical (unpaired) electrons. The van der Waals surface area contributed by atoms with E-state index in [-0.39, 0.29) is 17.9 Å². The summed E-state index contributed by atoms with van der Waals surface area (Å²) >= 11 is 6.05. The van der Waals surface area contributed by atoms with Crippen LogP contribution in [0.15, 0.2) is 24.3 Å². The zero-order valence-corrected chi connectivity index (χ0v) is 10.9. The van der Waals surface area contributed by atoms with E-state index in [4.69, 9.17) is 26.6 Å². The van der Waals surface area contributed by atoms with Crippen molar-refractivity contribution in [2.45, 2.75) is 6.42 Å². The molecule has 6 nitrogen and oxygen atoms in total. The maximum Gasteiger partial charge on any atom is 0.341 e. The monoisotopic (exact) mass is 295 g/mol. The third-order valence-electron chi connectivity index (χ3n) is 2.48. The summed E-state index contributed by atoms with van der Waals surface area (Å²) in [5.74, 6) is -1.97. The molecule has 0 aliphatic rings. The zero-order valence-electron chi connectivity index (χ0n) is 10.2. The van der Waals surface area contributed by atoms with Gasteiger partial charge in [0.2, 0.25) is 0 Å². The highest BCUT2D eigenvalue weighted by Crippen LogP contribution is 2.32. The normalized spacial score (nSPS) is 10.4. The van der Waals surface area contributed by atoms with Crippen LogP contribution < -0.4 is 4.74 Å². The van der Waals surface area contributed by atoms with E-state index in [0.29, 0.717) is 15.9 Å². The van der Waals surface area contributed by atoms with Crippen molar-refractivity contribution in [3.8, 4) is 5.75 Å². The van der Waals surface area contributed by atoms with E-state index in [1.807, 2.05) is 0 Å². The van der Waals surface area contributed by atoms with Crippen LogP contribution in [-0.4, -0.2) is 33.7 Å². The van der Waals surface area contributed by atoms with Gasteiger partial charge in [-0.25, -0.2) is 4.79 Å². The lowest BCUT2D eigenvalue weighted by atomic mass is 10.1. The molecule has 0 amide bonds.